The summed E-state index contributed by atoms with van der Waals surface area (Å²) in [6, 6.07) is 12.6. The second kappa shape index (κ2) is 16.7. The van der Waals surface area contributed by atoms with Gasteiger partial charge in [-0.3, -0.25) is 9.89 Å². The maximum atomic E-state index is 12.1. The number of rotatable bonds is 8. The SMILES string of the molecule is CCOc1cc2c(Nc3ccn[nH]3)nc(-c3cccc(OCC(=O)NC(C)(C)C)c3)nc2cc1Cl.O=C(O)C(F)(F)F.O=C(O)C(F)(F)F. The van der Waals surface area contributed by atoms with E-state index in [1.54, 1.807) is 30.5 Å². The van der Waals surface area contributed by atoms with Gasteiger partial charge in [-0.15, -0.1) is 0 Å². The van der Waals surface area contributed by atoms with Gasteiger partial charge in [-0.25, -0.2) is 19.6 Å². The van der Waals surface area contributed by atoms with Crippen LogP contribution in [0.2, 0.25) is 5.02 Å². The van der Waals surface area contributed by atoms with Crippen molar-refractivity contribution in [2.75, 3.05) is 18.5 Å². The number of halogens is 7. The van der Waals surface area contributed by atoms with Crippen molar-refractivity contribution in [2.24, 2.45) is 0 Å². The minimum Gasteiger partial charge on any atom is -0.492 e. The van der Waals surface area contributed by atoms with E-state index in [9.17, 15) is 31.1 Å². The lowest BCUT2D eigenvalue weighted by atomic mass is 10.1. The first-order valence-electron chi connectivity index (χ1n) is 13.7. The van der Waals surface area contributed by atoms with Gasteiger partial charge < -0.3 is 30.3 Å². The maximum absolute atomic E-state index is 12.1. The number of carboxylic acid groups (broad SMARTS) is 2. The molecular weight excluding hydrogens is 694 g/mol. The molecule has 0 fully saturated rings. The summed E-state index contributed by atoms with van der Waals surface area (Å²) in [5, 5.41) is 28.4. The van der Waals surface area contributed by atoms with Gasteiger partial charge in [-0.05, 0) is 52.0 Å². The molecule has 20 heteroatoms. The third kappa shape index (κ3) is 13.4. The number of alkyl halides is 6. The number of hydrogen-bond acceptors (Lipinski definition) is 9. The van der Waals surface area contributed by atoms with E-state index in [0.29, 0.717) is 46.1 Å². The molecule has 4 rings (SSSR count). The zero-order chi connectivity index (χ0) is 37.2. The number of carbonyl (C=O) groups is 3. The topological polar surface area (TPSA) is 189 Å². The highest BCUT2D eigenvalue weighted by atomic mass is 35.5. The Labute approximate surface area is 278 Å². The molecular formula is C29H29ClF6N6O7. The molecule has 0 aliphatic heterocycles. The van der Waals surface area contributed by atoms with Gasteiger partial charge >= 0.3 is 24.3 Å². The molecule has 5 N–H and O–H groups in total. The number of carboxylic acids is 2. The van der Waals surface area contributed by atoms with Crippen LogP contribution in [-0.4, -0.2) is 79.3 Å². The van der Waals surface area contributed by atoms with Crippen LogP contribution in [0, 0.1) is 0 Å². The number of fused-ring (bicyclic) bond motifs is 1. The average molecular weight is 723 g/mol. The summed E-state index contributed by atoms with van der Waals surface area (Å²) in [4.78, 5) is 39.4. The summed E-state index contributed by atoms with van der Waals surface area (Å²) in [7, 11) is 0. The summed E-state index contributed by atoms with van der Waals surface area (Å²) in [6.07, 6.45) is -8.52. The van der Waals surface area contributed by atoms with Gasteiger partial charge in [-0.2, -0.15) is 31.4 Å². The van der Waals surface area contributed by atoms with Crippen molar-refractivity contribution in [1.29, 1.82) is 0 Å². The molecule has 0 atom stereocenters. The molecule has 1 amide bonds. The monoisotopic (exact) mass is 722 g/mol. The van der Waals surface area contributed by atoms with Crippen LogP contribution >= 0.6 is 11.6 Å². The number of nitrogens with zero attached hydrogens (tertiary/aromatic N) is 3. The number of benzene rings is 2. The van der Waals surface area contributed by atoms with Crippen molar-refractivity contribution < 1.29 is 60.4 Å². The molecule has 2 heterocycles. The molecule has 49 heavy (non-hydrogen) atoms. The maximum Gasteiger partial charge on any atom is 0.490 e. The molecule has 13 nitrogen and oxygen atoms in total. The Kier molecular flexibility index (Phi) is 13.6. The van der Waals surface area contributed by atoms with E-state index in [4.69, 9.17) is 50.8 Å². The molecule has 0 spiro atoms. The molecule has 0 bridgehead atoms. The number of ether oxygens (including phenoxy) is 2. The number of aromatic nitrogens is 4. The normalized spacial score (nSPS) is 11.3. The predicted molar refractivity (Wildman–Crippen MR) is 164 cm³/mol. The highest BCUT2D eigenvalue weighted by Gasteiger charge is 2.38. The second-order valence-electron chi connectivity index (χ2n) is 10.4. The molecule has 0 aliphatic carbocycles. The predicted octanol–water partition coefficient (Wildman–Crippen LogP) is 6.38. The lowest BCUT2D eigenvalue weighted by molar-refractivity contribution is -0.193. The largest absolute Gasteiger partial charge is 0.492 e. The van der Waals surface area contributed by atoms with E-state index in [1.165, 1.54) is 0 Å². The zero-order valence-corrected chi connectivity index (χ0v) is 26.7. The summed E-state index contributed by atoms with van der Waals surface area (Å²) in [6.45, 7) is 8.03. The van der Waals surface area contributed by atoms with Gasteiger partial charge in [-0.1, -0.05) is 23.7 Å². The van der Waals surface area contributed by atoms with E-state index >= 15 is 0 Å². The van der Waals surface area contributed by atoms with E-state index in [1.807, 2.05) is 45.9 Å². The fourth-order valence-corrected chi connectivity index (χ4v) is 3.61. The molecule has 0 radical (unpaired) electrons. The van der Waals surface area contributed by atoms with Gasteiger partial charge in [0.2, 0.25) is 0 Å². The minimum absolute atomic E-state index is 0.0955. The third-order valence-electron chi connectivity index (χ3n) is 5.26. The van der Waals surface area contributed by atoms with Crippen molar-refractivity contribution >= 4 is 52.0 Å². The molecule has 0 aliphatic rings. The Morgan fingerprint density at radius 2 is 1.53 bits per heavy atom. The number of aliphatic carboxylic acids is 2. The first-order valence-corrected chi connectivity index (χ1v) is 14.0. The van der Waals surface area contributed by atoms with Crippen LogP contribution in [0.15, 0.2) is 48.7 Å². The van der Waals surface area contributed by atoms with Crippen molar-refractivity contribution in [3.8, 4) is 22.9 Å². The van der Waals surface area contributed by atoms with Gasteiger partial charge in [0.05, 0.1) is 23.3 Å². The Hall–Kier alpha value is -5.33. The molecule has 0 unspecified atom stereocenters. The van der Waals surface area contributed by atoms with Gasteiger partial charge in [0.15, 0.2) is 12.4 Å². The molecule has 266 valence electrons. The third-order valence-corrected chi connectivity index (χ3v) is 5.56. The Balaban J connectivity index is 0.000000500. The van der Waals surface area contributed by atoms with E-state index < -0.39 is 24.3 Å². The lowest BCUT2D eigenvalue weighted by Crippen LogP contribution is -2.43. The number of carbonyl (C=O) groups excluding carboxylic acids is 1. The van der Waals surface area contributed by atoms with Crippen molar-refractivity contribution in [1.82, 2.24) is 25.5 Å². The Bertz CT molecular complexity index is 1720. The van der Waals surface area contributed by atoms with E-state index in [0.717, 1.165) is 10.9 Å². The highest BCUT2D eigenvalue weighted by molar-refractivity contribution is 6.33. The molecule has 0 saturated carbocycles. The number of nitrogens with one attached hydrogen (secondary N) is 3. The van der Waals surface area contributed by atoms with Crippen LogP contribution in [0.1, 0.15) is 27.7 Å². The van der Waals surface area contributed by atoms with Crippen LogP contribution in [0.25, 0.3) is 22.3 Å². The first kappa shape index (κ1) is 39.8. The standard InChI is InChI=1S/C25H27ClN6O3.2C2HF3O2/c1-5-34-20-12-17-19(13-18(20)26)28-23(30-24(17)29-21-9-10-27-32-21)15-7-6-8-16(11-15)35-14-22(33)31-25(2,3)4;2*3-2(4,5)1(6)7/h6-13H,5,14H2,1-4H3,(H,31,33)(H2,27,28,29,30,32);2*(H,6,7). The van der Waals surface area contributed by atoms with Crippen molar-refractivity contribution in [2.45, 2.75) is 45.6 Å². The summed E-state index contributed by atoms with van der Waals surface area (Å²) in [5.74, 6) is -2.94. The van der Waals surface area contributed by atoms with Crippen molar-refractivity contribution in [3.05, 3.63) is 53.7 Å². The van der Waals surface area contributed by atoms with Gasteiger partial charge in [0.25, 0.3) is 5.91 Å². The van der Waals surface area contributed by atoms with Crippen LogP contribution < -0.4 is 20.1 Å². The van der Waals surface area contributed by atoms with Gasteiger partial charge in [0.1, 0.15) is 23.1 Å². The Morgan fingerprint density at radius 3 is 2.04 bits per heavy atom. The van der Waals surface area contributed by atoms with Crippen LogP contribution in [0.4, 0.5) is 38.0 Å². The summed E-state index contributed by atoms with van der Waals surface area (Å²) >= 11 is 6.44. The molecule has 0 saturated heterocycles. The first-order chi connectivity index (χ1) is 22.6. The fourth-order valence-electron chi connectivity index (χ4n) is 3.40. The second-order valence-corrected chi connectivity index (χ2v) is 10.9. The average Bonchev–Trinajstić information content (AvgIpc) is 3.49. The Morgan fingerprint density at radius 1 is 0.918 bits per heavy atom. The van der Waals surface area contributed by atoms with E-state index in [-0.39, 0.29) is 18.1 Å². The molecule has 4 aromatic rings. The highest BCUT2D eigenvalue weighted by Crippen LogP contribution is 2.35. The number of H-pyrrole nitrogens is 1. The molecule has 2 aromatic carbocycles. The molecule has 2 aromatic heterocycles. The van der Waals surface area contributed by atoms with Crippen molar-refractivity contribution in [3.63, 3.8) is 0 Å². The lowest BCUT2D eigenvalue weighted by Gasteiger charge is -2.20. The summed E-state index contributed by atoms with van der Waals surface area (Å²) < 4.78 is 74.8. The fraction of sp³-hybridized carbons (Fsp3) is 0.310. The zero-order valence-electron chi connectivity index (χ0n) is 26.0. The minimum atomic E-state index is -5.08. The van der Waals surface area contributed by atoms with Crippen LogP contribution in [-0.2, 0) is 14.4 Å². The number of amides is 1. The van der Waals surface area contributed by atoms with Crippen LogP contribution in [0.3, 0.4) is 0 Å². The number of aromatic amines is 1. The van der Waals surface area contributed by atoms with Crippen LogP contribution in [0.5, 0.6) is 11.5 Å². The number of hydrogen-bond donors (Lipinski definition) is 5. The number of anilines is 2. The van der Waals surface area contributed by atoms with Gasteiger partial charge in [0, 0.05) is 22.6 Å². The van der Waals surface area contributed by atoms with E-state index in [2.05, 4.69) is 20.8 Å². The quantitative estimate of drug-likeness (QED) is 0.127. The summed E-state index contributed by atoms with van der Waals surface area (Å²) in [5.41, 5.74) is 1.03. The smallest absolute Gasteiger partial charge is 0.490 e.